The Kier molecular flexibility index (Phi) is 3.93. The maximum Gasteiger partial charge on any atom is 0.233 e. The van der Waals surface area contributed by atoms with Crippen LogP contribution in [0.5, 0.6) is 5.88 Å². The van der Waals surface area contributed by atoms with Gasteiger partial charge in [0.25, 0.3) is 0 Å². The standard InChI is InChI=1S/C11H18N4O/c1-16-11-6-5-10(14-15-11)13-8-9-4-2-3-7-12-9/h5-6,9,12H,2-4,7-8H2,1H3,(H,13,14). The summed E-state index contributed by atoms with van der Waals surface area (Å²) in [6, 6.07) is 4.25. The van der Waals surface area contributed by atoms with Gasteiger partial charge in [-0.15, -0.1) is 10.2 Å². The van der Waals surface area contributed by atoms with Crippen molar-refractivity contribution in [2.24, 2.45) is 0 Å². The van der Waals surface area contributed by atoms with E-state index in [9.17, 15) is 0 Å². The first-order valence-corrected chi connectivity index (χ1v) is 5.73. The molecule has 1 unspecified atom stereocenters. The van der Waals surface area contributed by atoms with Crippen molar-refractivity contribution in [3.63, 3.8) is 0 Å². The predicted octanol–water partition coefficient (Wildman–Crippen LogP) is 1.04. The van der Waals surface area contributed by atoms with E-state index in [1.807, 2.05) is 12.1 Å². The zero-order valence-electron chi connectivity index (χ0n) is 9.57. The average molecular weight is 222 g/mol. The van der Waals surface area contributed by atoms with Gasteiger partial charge in [0.05, 0.1) is 7.11 Å². The summed E-state index contributed by atoms with van der Waals surface area (Å²) >= 11 is 0. The summed E-state index contributed by atoms with van der Waals surface area (Å²) < 4.78 is 4.95. The van der Waals surface area contributed by atoms with Crippen LogP contribution in [0.3, 0.4) is 0 Å². The van der Waals surface area contributed by atoms with Gasteiger partial charge in [0.2, 0.25) is 5.88 Å². The molecule has 1 aromatic rings. The quantitative estimate of drug-likeness (QED) is 0.797. The summed E-state index contributed by atoms with van der Waals surface area (Å²) in [5.74, 6) is 1.34. The number of piperidine rings is 1. The molecule has 0 saturated carbocycles. The summed E-state index contributed by atoms with van der Waals surface area (Å²) in [6.45, 7) is 2.03. The van der Waals surface area contributed by atoms with E-state index in [-0.39, 0.29) is 0 Å². The number of nitrogens with zero attached hydrogens (tertiary/aromatic N) is 2. The first kappa shape index (κ1) is 11.1. The predicted molar refractivity (Wildman–Crippen MR) is 62.7 cm³/mol. The van der Waals surface area contributed by atoms with Crippen molar-refractivity contribution in [1.82, 2.24) is 15.5 Å². The minimum absolute atomic E-state index is 0.543. The van der Waals surface area contributed by atoms with Crippen molar-refractivity contribution >= 4 is 5.82 Å². The lowest BCUT2D eigenvalue weighted by molar-refractivity contribution is 0.392. The monoisotopic (exact) mass is 222 g/mol. The van der Waals surface area contributed by atoms with Gasteiger partial charge in [0.15, 0.2) is 0 Å². The summed E-state index contributed by atoms with van der Waals surface area (Å²) in [5, 5.41) is 14.7. The molecule has 88 valence electrons. The Bertz CT molecular complexity index is 308. The minimum atomic E-state index is 0.543. The van der Waals surface area contributed by atoms with Gasteiger partial charge >= 0.3 is 0 Å². The lowest BCUT2D eigenvalue weighted by Gasteiger charge is -2.23. The number of hydrogen-bond acceptors (Lipinski definition) is 5. The zero-order valence-corrected chi connectivity index (χ0v) is 9.57. The molecule has 5 nitrogen and oxygen atoms in total. The number of nitrogens with one attached hydrogen (secondary N) is 2. The zero-order chi connectivity index (χ0) is 11.2. The maximum atomic E-state index is 4.95. The molecule has 2 heterocycles. The second-order valence-electron chi connectivity index (χ2n) is 3.99. The summed E-state index contributed by atoms with van der Waals surface area (Å²) in [5.41, 5.74) is 0. The fraction of sp³-hybridized carbons (Fsp3) is 0.636. The molecule has 0 aromatic carbocycles. The van der Waals surface area contributed by atoms with Crippen molar-refractivity contribution in [2.75, 3.05) is 25.5 Å². The van der Waals surface area contributed by atoms with E-state index >= 15 is 0 Å². The van der Waals surface area contributed by atoms with Gasteiger partial charge in [-0.1, -0.05) is 6.42 Å². The second-order valence-corrected chi connectivity index (χ2v) is 3.99. The highest BCUT2D eigenvalue weighted by Gasteiger charge is 2.11. The highest BCUT2D eigenvalue weighted by Crippen LogP contribution is 2.10. The van der Waals surface area contributed by atoms with E-state index in [1.165, 1.54) is 19.3 Å². The molecule has 1 saturated heterocycles. The molecule has 1 aromatic heterocycles. The molecule has 1 aliphatic rings. The van der Waals surface area contributed by atoms with Crippen LogP contribution in [0.1, 0.15) is 19.3 Å². The normalized spacial score (nSPS) is 20.4. The van der Waals surface area contributed by atoms with E-state index in [2.05, 4.69) is 20.8 Å². The number of methoxy groups -OCH3 is 1. The number of ether oxygens (including phenoxy) is 1. The van der Waals surface area contributed by atoms with Crippen molar-refractivity contribution in [2.45, 2.75) is 25.3 Å². The van der Waals surface area contributed by atoms with Gasteiger partial charge in [-0.05, 0) is 25.5 Å². The molecular formula is C11H18N4O. The molecule has 2 rings (SSSR count). The molecule has 16 heavy (non-hydrogen) atoms. The smallest absolute Gasteiger partial charge is 0.233 e. The van der Waals surface area contributed by atoms with Gasteiger partial charge in [-0.2, -0.15) is 0 Å². The molecule has 5 heteroatoms. The molecule has 0 bridgehead atoms. The topological polar surface area (TPSA) is 59.1 Å². The Labute approximate surface area is 95.6 Å². The number of rotatable bonds is 4. The SMILES string of the molecule is COc1ccc(NCC2CCCCN2)nn1. The Morgan fingerprint density at radius 1 is 1.44 bits per heavy atom. The Morgan fingerprint density at radius 3 is 3.00 bits per heavy atom. The van der Waals surface area contributed by atoms with E-state index in [0.717, 1.165) is 18.9 Å². The largest absolute Gasteiger partial charge is 0.480 e. The van der Waals surface area contributed by atoms with Gasteiger partial charge in [-0.3, -0.25) is 0 Å². The Hall–Kier alpha value is -1.36. The molecule has 2 N–H and O–H groups in total. The van der Waals surface area contributed by atoms with E-state index in [0.29, 0.717) is 11.9 Å². The van der Waals surface area contributed by atoms with Crippen molar-refractivity contribution in [3.8, 4) is 5.88 Å². The first-order valence-electron chi connectivity index (χ1n) is 5.73. The summed E-state index contributed by atoms with van der Waals surface area (Å²) in [4.78, 5) is 0. The van der Waals surface area contributed by atoms with Crippen molar-refractivity contribution < 1.29 is 4.74 Å². The second kappa shape index (κ2) is 5.65. The Morgan fingerprint density at radius 2 is 2.38 bits per heavy atom. The molecule has 1 aliphatic heterocycles. The summed E-state index contributed by atoms with van der Waals surface area (Å²) in [7, 11) is 1.59. The third-order valence-corrected chi connectivity index (χ3v) is 2.79. The van der Waals surface area contributed by atoms with Crippen LogP contribution in [0.15, 0.2) is 12.1 Å². The van der Waals surface area contributed by atoms with Gasteiger partial charge in [0.1, 0.15) is 5.82 Å². The molecule has 0 spiro atoms. The van der Waals surface area contributed by atoms with Crippen LogP contribution in [0.2, 0.25) is 0 Å². The summed E-state index contributed by atoms with van der Waals surface area (Å²) in [6.07, 6.45) is 3.84. The van der Waals surface area contributed by atoms with Crippen LogP contribution in [0.4, 0.5) is 5.82 Å². The van der Waals surface area contributed by atoms with Crippen LogP contribution in [-0.4, -0.2) is 36.4 Å². The van der Waals surface area contributed by atoms with Gasteiger partial charge in [-0.25, -0.2) is 0 Å². The third-order valence-electron chi connectivity index (χ3n) is 2.79. The van der Waals surface area contributed by atoms with Crippen molar-refractivity contribution in [3.05, 3.63) is 12.1 Å². The van der Waals surface area contributed by atoms with Crippen LogP contribution in [-0.2, 0) is 0 Å². The lowest BCUT2D eigenvalue weighted by atomic mass is 10.1. The molecule has 0 amide bonds. The number of hydrogen-bond donors (Lipinski definition) is 2. The molecule has 0 aliphatic carbocycles. The highest BCUT2D eigenvalue weighted by molar-refractivity contribution is 5.34. The molecular weight excluding hydrogens is 204 g/mol. The minimum Gasteiger partial charge on any atom is -0.480 e. The van der Waals surface area contributed by atoms with E-state index < -0.39 is 0 Å². The number of anilines is 1. The lowest BCUT2D eigenvalue weighted by Crippen LogP contribution is -2.39. The third kappa shape index (κ3) is 3.06. The number of aromatic nitrogens is 2. The first-order chi connectivity index (χ1) is 7.88. The van der Waals surface area contributed by atoms with Crippen LogP contribution >= 0.6 is 0 Å². The van der Waals surface area contributed by atoms with Crippen LogP contribution in [0.25, 0.3) is 0 Å². The van der Waals surface area contributed by atoms with Gasteiger partial charge < -0.3 is 15.4 Å². The van der Waals surface area contributed by atoms with Crippen LogP contribution < -0.4 is 15.4 Å². The fourth-order valence-corrected chi connectivity index (χ4v) is 1.85. The Balaban J connectivity index is 1.79. The van der Waals surface area contributed by atoms with E-state index in [4.69, 9.17) is 4.74 Å². The van der Waals surface area contributed by atoms with Crippen molar-refractivity contribution in [1.29, 1.82) is 0 Å². The molecule has 1 atom stereocenters. The fourth-order valence-electron chi connectivity index (χ4n) is 1.85. The average Bonchev–Trinajstić information content (AvgIpc) is 2.38. The van der Waals surface area contributed by atoms with E-state index in [1.54, 1.807) is 7.11 Å². The van der Waals surface area contributed by atoms with Crippen LogP contribution in [0, 0.1) is 0 Å². The molecule has 0 radical (unpaired) electrons. The molecule has 1 fully saturated rings. The van der Waals surface area contributed by atoms with Gasteiger partial charge in [0, 0.05) is 18.7 Å². The highest BCUT2D eigenvalue weighted by atomic mass is 16.5. The maximum absolute atomic E-state index is 4.95.